The van der Waals surface area contributed by atoms with Crippen LogP contribution in [0, 0.1) is 20.8 Å². The number of H-pyrrole nitrogens is 1. The smallest absolute Gasteiger partial charge is 0.253 e. The largest absolute Gasteiger partial charge is 0.381 e. The topological polar surface area (TPSA) is 94.3 Å². The average Bonchev–Trinajstić information content (AvgIpc) is 2.99. The average molecular weight is 573 g/mol. The summed E-state index contributed by atoms with van der Waals surface area (Å²) in [5.41, 5.74) is 8.23. The van der Waals surface area contributed by atoms with E-state index in [0.29, 0.717) is 17.2 Å². The van der Waals surface area contributed by atoms with Crippen LogP contribution in [0.5, 0.6) is 0 Å². The summed E-state index contributed by atoms with van der Waals surface area (Å²) in [6.07, 6.45) is 1.94. The number of ether oxygens (including phenoxy) is 1. The monoisotopic (exact) mass is 572 g/mol. The Hall–Kier alpha value is -3.46. The van der Waals surface area contributed by atoms with Crippen molar-refractivity contribution < 1.29 is 14.8 Å². The van der Waals surface area contributed by atoms with Gasteiger partial charge >= 0.3 is 0 Å². The van der Waals surface area contributed by atoms with Crippen LogP contribution in [0.3, 0.4) is 0 Å². The summed E-state index contributed by atoms with van der Waals surface area (Å²) in [5, 5.41) is 5.43. The second kappa shape index (κ2) is 13.7. The minimum absolute atomic E-state index is 0.154. The molecule has 4 N–H and O–H groups in total. The van der Waals surface area contributed by atoms with Crippen molar-refractivity contribution in [2.75, 3.05) is 50.8 Å². The number of pyridine rings is 1. The molecule has 8 heteroatoms. The van der Waals surface area contributed by atoms with Crippen LogP contribution < -0.4 is 21.1 Å². The van der Waals surface area contributed by atoms with Crippen molar-refractivity contribution in [3.05, 3.63) is 86.3 Å². The van der Waals surface area contributed by atoms with Gasteiger partial charge in [0.25, 0.3) is 11.5 Å². The molecule has 0 atom stereocenters. The number of carbonyl (C=O) groups excluding carboxylic acids is 1. The van der Waals surface area contributed by atoms with Gasteiger partial charge in [0.2, 0.25) is 0 Å². The molecule has 3 aromatic rings. The zero-order valence-corrected chi connectivity index (χ0v) is 25.6. The van der Waals surface area contributed by atoms with Gasteiger partial charge in [0.05, 0.1) is 13.1 Å². The second-order valence-corrected chi connectivity index (χ2v) is 11.8. The lowest BCUT2D eigenvalue weighted by Gasteiger charge is -2.37. The van der Waals surface area contributed by atoms with Crippen molar-refractivity contribution in [3.63, 3.8) is 0 Å². The number of rotatable bonds is 9. The predicted molar refractivity (Wildman–Crippen MR) is 168 cm³/mol. The van der Waals surface area contributed by atoms with E-state index in [-0.39, 0.29) is 18.0 Å². The predicted octanol–water partition coefficient (Wildman–Crippen LogP) is 3.28. The first-order valence-electron chi connectivity index (χ1n) is 15.4. The number of nitrogens with two attached hydrogens (primary N) is 1. The highest BCUT2D eigenvalue weighted by atomic mass is 16.5. The zero-order valence-electron chi connectivity index (χ0n) is 25.6. The van der Waals surface area contributed by atoms with E-state index in [9.17, 15) is 9.59 Å². The Bertz CT molecular complexity index is 1440. The van der Waals surface area contributed by atoms with Crippen molar-refractivity contribution in [2.45, 2.75) is 59.7 Å². The Kier molecular flexibility index (Phi) is 9.77. The standard InChI is InChI=1S/C34H45N5O3/c1-5-39(29-10-16-42-17-11-29)32-20-28(27-8-6-26(7-9-27)22-38-14-12-35-13-15-38)19-30(25(32)4)33(40)36-21-31-23(2)18-24(3)37-34(31)41/h6-9,18-20,29,35H,5,10-17,21-22H2,1-4H3,(H,36,40)(H,37,41)/p+1. The van der Waals surface area contributed by atoms with Gasteiger partial charge in [0, 0.05) is 74.5 Å². The summed E-state index contributed by atoms with van der Waals surface area (Å²) in [5.74, 6) is -0.170. The van der Waals surface area contributed by atoms with Crippen LogP contribution in [0.15, 0.2) is 47.3 Å². The third kappa shape index (κ3) is 6.94. The van der Waals surface area contributed by atoms with Gasteiger partial charge < -0.3 is 25.3 Å². The number of benzene rings is 2. The summed E-state index contributed by atoms with van der Waals surface area (Å²) >= 11 is 0. The minimum atomic E-state index is -0.170. The molecule has 2 aliphatic heterocycles. The summed E-state index contributed by atoms with van der Waals surface area (Å²) in [6, 6.07) is 15.4. The number of piperazine rings is 1. The third-order valence-corrected chi connectivity index (χ3v) is 8.82. The molecule has 0 unspecified atom stereocenters. The van der Waals surface area contributed by atoms with Crippen molar-refractivity contribution >= 4 is 11.6 Å². The number of aryl methyl sites for hydroxylation is 2. The maximum atomic E-state index is 13.8. The molecule has 0 saturated carbocycles. The first-order chi connectivity index (χ1) is 20.3. The van der Waals surface area contributed by atoms with Crippen molar-refractivity contribution in [2.24, 2.45) is 0 Å². The molecule has 0 aliphatic carbocycles. The maximum absolute atomic E-state index is 13.8. The van der Waals surface area contributed by atoms with Crippen LogP contribution in [-0.4, -0.2) is 67.8 Å². The van der Waals surface area contributed by atoms with E-state index >= 15 is 0 Å². The van der Waals surface area contributed by atoms with Crippen LogP contribution in [0.4, 0.5) is 5.69 Å². The molecular weight excluding hydrogens is 526 g/mol. The fourth-order valence-electron chi connectivity index (χ4n) is 6.41. The molecule has 0 bridgehead atoms. The molecular formula is C34H46N5O3+. The number of nitrogens with one attached hydrogen (secondary N) is 2. The summed E-state index contributed by atoms with van der Waals surface area (Å²) in [7, 11) is 0. The molecule has 5 rings (SSSR count). The Labute approximate surface area is 249 Å². The van der Waals surface area contributed by atoms with Gasteiger partial charge in [-0.3, -0.25) is 14.5 Å². The number of aromatic amines is 1. The molecule has 0 radical (unpaired) electrons. The molecule has 2 aromatic carbocycles. The molecule has 3 heterocycles. The lowest BCUT2D eigenvalue weighted by Crippen LogP contribution is -2.89. The molecule has 2 saturated heterocycles. The zero-order chi connectivity index (χ0) is 29.6. The number of hydrogen-bond donors (Lipinski definition) is 3. The Balaban J connectivity index is 1.46. The number of quaternary nitrogens is 1. The third-order valence-electron chi connectivity index (χ3n) is 8.82. The minimum Gasteiger partial charge on any atom is -0.381 e. The van der Waals surface area contributed by atoms with Gasteiger partial charge in [-0.2, -0.15) is 0 Å². The van der Waals surface area contributed by atoms with Crippen molar-refractivity contribution in [3.8, 4) is 11.1 Å². The fourth-order valence-corrected chi connectivity index (χ4v) is 6.41. The molecule has 224 valence electrons. The highest BCUT2D eigenvalue weighted by molar-refractivity contribution is 5.99. The number of carbonyl (C=O) groups is 1. The van der Waals surface area contributed by atoms with E-state index in [0.717, 1.165) is 99.0 Å². The number of anilines is 1. The SMILES string of the molecule is CCN(c1cc(-c2ccc(CN3CC[NH2+]CC3)cc2)cc(C(=O)NCc2c(C)cc(C)[nH]c2=O)c1C)C1CCOCC1. The quantitative estimate of drug-likeness (QED) is 0.366. The van der Waals surface area contributed by atoms with Crippen LogP contribution >= 0.6 is 0 Å². The Morgan fingerprint density at radius 1 is 1.05 bits per heavy atom. The van der Waals surface area contributed by atoms with E-state index in [2.05, 4.69) is 62.7 Å². The summed E-state index contributed by atoms with van der Waals surface area (Å²) < 4.78 is 5.66. The molecule has 8 nitrogen and oxygen atoms in total. The number of aromatic nitrogens is 1. The van der Waals surface area contributed by atoms with Crippen molar-refractivity contribution in [1.29, 1.82) is 0 Å². The van der Waals surface area contributed by atoms with Crippen LogP contribution in [0.2, 0.25) is 0 Å². The van der Waals surface area contributed by atoms with E-state index < -0.39 is 0 Å². The highest BCUT2D eigenvalue weighted by Crippen LogP contribution is 2.34. The van der Waals surface area contributed by atoms with Crippen LogP contribution in [0.1, 0.15) is 58.1 Å². The number of amides is 1. The molecule has 42 heavy (non-hydrogen) atoms. The van der Waals surface area contributed by atoms with Gasteiger partial charge in [-0.25, -0.2) is 0 Å². The maximum Gasteiger partial charge on any atom is 0.253 e. The lowest BCUT2D eigenvalue weighted by atomic mass is 9.94. The van der Waals surface area contributed by atoms with Gasteiger partial charge in [0.1, 0.15) is 0 Å². The summed E-state index contributed by atoms with van der Waals surface area (Å²) in [4.78, 5) is 34.2. The lowest BCUT2D eigenvalue weighted by molar-refractivity contribution is -0.663. The van der Waals surface area contributed by atoms with E-state index in [1.807, 2.05) is 32.9 Å². The molecule has 1 aromatic heterocycles. The fraction of sp³-hybridized carbons (Fsp3) is 0.471. The van der Waals surface area contributed by atoms with E-state index in [4.69, 9.17) is 4.74 Å². The molecule has 0 spiro atoms. The van der Waals surface area contributed by atoms with Gasteiger partial charge in [-0.05, 0) is 86.6 Å². The van der Waals surface area contributed by atoms with Gasteiger partial charge in [-0.1, -0.05) is 24.3 Å². The molecule has 2 aliphatic rings. The normalized spacial score (nSPS) is 16.4. The van der Waals surface area contributed by atoms with E-state index in [1.165, 1.54) is 5.56 Å². The van der Waals surface area contributed by atoms with Crippen LogP contribution in [-0.2, 0) is 17.8 Å². The van der Waals surface area contributed by atoms with E-state index in [1.54, 1.807) is 0 Å². The molecule has 1 amide bonds. The Morgan fingerprint density at radius 3 is 2.43 bits per heavy atom. The highest BCUT2D eigenvalue weighted by Gasteiger charge is 2.25. The first-order valence-corrected chi connectivity index (χ1v) is 15.4. The van der Waals surface area contributed by atoms with Gasteiger partial charge in [0.15, 0.2) is 0 Å². The molecule has 2 fully saturated rings. The van der Waals surface area contributed by atoms with Crippen LogP contribution in [0.25, 0.3) is 11.1 Å². The Morgan fingerprint density at radius 2 is 1.76 bits per heavy atom. The number of nitrogens with zero attached hydrogens (tertiary/aromatic N) is 2. The van der Waals surface area contributed by atoms with Crippen molar-refractivity contribution in [1.82, 2.24) is 15.2 Å². The first kappa shape index (κ1) is 30.0. The number of hydrogen-bond acceptors (Lipinski definition) is 5. The van der Waals surface area contributed by atoms with Gasteiger partial charge in [-0.15, -0.1) is 0 Å². The summed E-state index contributed by atoms with van der Waals surface area (Å²) in [6.45, 7) is 16.1. The second-order valence-electron chi connectivity index (χ2n) is 11.8.